The van der Waals surface area contributed by atoms with Crippen molar-refractivity contribution < 1.29 is 14.3 Å². The van der Waals surface area contributed by atoms with Gasteiger partial charge < -0.3 is 15.7 Å². The van der Waals surface area contributed by atoms with Crippen LogP contribution < -0.4 is 10.6 Å². The van der Waals surface area contributed by atoms with Crippen molar-refractivity contribution in [1.29, 1.82) is 0 Å². The molecule has 0 aliphatic rings. The molecule has 0 aliphatic heterocycles. The van der Waals surface area contributed by atoms with E-state index < -0.39 is 11.6 Å². The van der Waals surface area contributed by atoms with E-state index >= 15 is 0 Å². The SMILES string of the molecule is CC(O)(CNC(=O)NCc1ccccn1)c1ccc(F)cc1. The number of aromatic nitrogens is 1. The highest BCUT2D eigenvalue weighted by atomic mass is 19.1. The van der Waals surface area contributed by atoms with Gasteiger partial charge in [0.15, 0.2) is 0 Å². The van der Waals surface area contributed by atoms with Crippen LogP contribution in [-0.4, -0.2) is 22.7 Å². The predicted molar refractivity (Wildman–Crippen MR) is 80.4 cm³/mol. The van der Waals surface area contributed by atoms with Crippen LogP contribution in [0.25, 0.3) is 0 Å². The Balaban J connectivity index is 1.83. The molecule has 0 fully saturated rings. The smallest absolute Gasteiger partial charge is 0.315 e. The Morgan fingerprint density at radius 2 is 1.95 bits per heavy atom. The van der Waals surface area contributed by atoms with E-state index in [-0.39, 0.29) is 12.4 Å². The standard InChI is InChI=1S/C16H18FN3O2/c1-16(22,12-5-7-13(17)8-6-12)11-20-15(21)19-10-14-4-2-3-9-18-14/h2-9,22H,10-11H2,1H3,(H2,19,20,21). The highest BCUT2D eigenvalue weighted by molar-refractivity contribution is 5.73. The molecule has 5 nitrogen and oxygen atoms in total. The van der Waals surface area contributed by atoms with Gasteiger partial charge in [0.2, 0.25) is 0 Å². The highest BCUT2D eigenvalue weighted by Crippen LogP contribution is 2.19. The van der Waals surface area contributed by atoms with Crippen molar-refractivity contribution in [3.8, 4) is 0 Å². The van der Waals surface area contributed by atoms with Gasteiger partial charge >= 0.3 is 6.03 Å². The normalized spacial score (nSPS) is 13.2. The molecule has 0 bridgehead atoms. The molecule has 0 aliphatic carbocycles. The van der Waals surface area contributed by atoms with E-state index in [1.165, 1.54) is 24.3 Å². The summed E-state index contributed by atoms with van der Waals surface area (Å²) < 4.78 is 12.9. The van der Waals surface area contributed by atoms with Crippen LogP contribution >= 0.6 is 0 Å². The van der Waals surface area contributed by atoms with Gasteiger partial charge in [-0.2, -0.15) is 0 Å². The molecule has 0 spiro atoms. The molecule has 1 aromatic heterocycles. The molecule has 0 saturated carbocycles. The average Bonchev–Trinajstić information content (AvgIpc) is 2.52. The monoisotopic (exact) mass is 303 g/mol. The second-order valence-corrected chi connectivity index (χ2v) is 5.14. The topological polar surface area (TPSA) is 74.2 Å². The molecule has 1 atom stereocenters. The third kappa shape index (κ3) is 4.53. The summed E-state index contributed by atoms with van der Waals surface area (Å²) >= 11 is 0. The van der Waals surface area contributed by atoms with Crippen LogP contribution in [0.5, 0.6) is 0 Å². The van der Waals surface area contributed by atoms with Crippen LogP contribution in [0.2, 0.25) is 0 Å². The van der Waals surface area contributed by atoms with Crippen LogP contribution in [0.15, 0.2) is 48.7 Å². The number of benzene rings is 1. The van der Waals surface area contributed by atoms with Crippen LogP contribution in [0.1, 0.15) is 18.2 Å². The Kier molecular flexibility index (Phi) is 5.06. The van der Waals surface area contributed by atoms with E-state index in [4.69, 9.17) is 0 Å². The number of halogens is 1. The zero-order chi connectivity index (χ0) is 16.0. The van der Waals surface area contributed by atoms with E-state index in [0.717, 1.165) is 5.69 Å². The molecule has 116 valence electrons. The van der Waals surface area contributed by atoms with Gasteiger partial charge in [-0.05, 0) is 36.8 Å². The number of amides is 2. The number of carbonyl (C=O) groups is 1. The lowest BCUT2D eigenvalue weighted by molar-refractivity contribution is 0.0593. The quantitative estimate of drug-likeness (QED) is 0.790. The number of hydrogen-bond acceptors (Lipinski definition) is 3. The maximum absolute atomic E-state index is 12.9. The lowest BCUT2D eigenvalue weighted by atomic mass is 9.96. The van der Waals surface area contributed by atoms with Crippen LogP contribution in [-0.2, 0) is 12.1 Å². The van der Waals surface area contributed by atoms with Crippen molar-refractivity contribution in [3.05, 3.63) is 65.7 Å². The van der Waals surface area contributed by atoms with Crippen LogP contribution in [0.3, 0.4) is 0 Å². The molecule has 3 N–H and O–H groups in total. The third-order valence-electron chi connectivity index (χ3n) is 3.22. The first-order chi connectivity index (χ1) is 10.5. The van der Waals surface area contributed by atoms with E-state index in [2.05, 4.69) is 15.6 Å². The number of aliphatic hydroxyl groups is 1. The average molecular weight is 303 g/mol. The van der Waals surface area contributed by atoms with Crippen molar-refractivity contribution >= 4 is 6.03 Å². The van der Waals surface area contributed by atoms with Gasteiger partial charge in [0.1, 0.15) is 11.4 Å². The molecule has 1 aromatic carbocycles. The van der Waals surface area contributed by atoms with E-state index in [0.29, 0.717) is 12.1 Å². The summed E-state index contributed by atoms with van der Waals surface area (Å²) in [5.41, 5.74) is -0.0161. The summed E-state index contributed by atoms with van der Waals surface area (Å²) in [6, 6.07) is 10.5. The minimum atomic E-state index is -1.28. The number of carbonyl (C=O) groups excluding carboxylic acids is 1. The number of rotatable bonds is 5. The highest BCUT2D eigenvalue weighted by Gasteiger charge is 2.23. The Labute approximate surface area is 128 Å². The minimum Gasteiger partial charge on any atom is -0.384 e. The number of nitrogens with zero attached hydrogens (tertiary/aromatic N) is 1. The Morgan fingerprint density at radius 1 is 1.23 bits per heavy atom. The summed E-state index contributed by atoms with van der Waals surface area (Å²) in [4.78, 5) is 15.8. The maximum Gasteiger partial charge on any atom is 0.315 e. The van der Waals surface area contributed by atoms with Crippen molar-refractivity contribution in [2.45, 2.75) is 19.1 Å². The molecule has 2 aromatic rings. The third-order valence-corrected chi connectivity index (χ3v) is 3.22. The van der Waals surface area contributed by atoms with Gasteiger partial charge in [-0.15, -0.1) is 0 Å². The van der Waals surface area contributed by atoms with Crippen molar-refractivity contribution in [1.82, 2.24) is 15.6 Å². The van der Waals surface area contributed by atoms with Crippen molar-refractivity contribution in [2.75, 3.05) is 6.54 Å². The van der Waals surface area contributed by atoms with Gasteiger partial charge in [-0.3, -0.25) is 4.98 Å². The molecule has 2 amide bonds. The first kappa shape index (κ1) is 15.9. The molecule has 6 heteroatoms. The Morgan fingerprint density at radius 3 is 2.59 bits per heavy atom. The molecule has 1 unspecified atom stereocenters. The van der Waals surface area contributed by atoms with E-state index in [1.54, 1.807) is 25.3 Å². The fourth-order valence-corrected chi connectivity index (χ4v) is 1.90. The molecule has 0 saturated heterocycles. The first-order valence-corrected chi connectivity index (χ1v) is 6.87. The van der Waals surface area contributed by atoms with Crippen molar-refractivity contribution in [3.63, 3.8) is 0 Å². The number of hydrogen-bond donors (Lipinski definition) is 3. The zero-order valence-corrected chi connectivity index (χ0v) is 12.2. The van der Waals surface area contributed by atoms with Crippen LogP contribution in [0, 0.1) is 5.82 Å². The summed E-state index contributed by atoms with van der Waals surface area (Å²) in [6.07, 6.45) is 1.65. The summed E-state index contributed by atoms with van der Waals surface area (Å²) in [5.74, 6) is -0.374. The fraction of sp³-hybridized carbons (Fsp3) is 0.250. The second kappa shape index (κ2) is 7.00. The van der Waals surface area contributed by atoms with Gasteiger partial charge in [0.05, 0.1) is 18.8 Å². The minimum absolute atomic E-state index is 0.00663. The maximum atomic E-state index is 12.9. The second-order valence-electron chi connectivity index (χ2n) is 5.14. The summed E-state index contributed by atoms with van der Waals surface area (Å²) in [7, 11) is 0. The Hall–Kier alpha value is -2.47. The fourth-order valence-electron chi connectivity index (χ4n) is 1.90. The molecular formula is C16H18FN3O2. The summed E-state index contributed by atoms with van der Waals surface area (Å²) in [5, 5.41) is 15.6. The molecule has 0 radical (unpaired) electrons. The van der Waals surface area contributed by atoms with E-state index in [1.807, 2.05) is 6.07 Å². The zero-order valence-electron chi connectivity index (χ0n) is 12.2. The lowest BCUT2D eigenvalue weighted by Gasteiger charge is -2.24. The van der Waals surface area contributed by atoms with Crippen LogP contribution in [0.4, 0.5) is 9.18 Å². The van der Waals surface area contributed by atoms with Crippen molar-refractivity contribution in [2.24, 2.45) is 0 Å². The molecule has 1 heterocycles. The van der Waals surface area contributed by atoms with Gasteiger partial charge in [-0.25, -0.2) is 9.18 Å². The summed E-state index contributed by atoms with van der Waals surface area (Å²) in [6.45, 7) is 1.86. The van der Waals surface area contributed by atoms with Gasteiger partial charge in [-0.1, -0.05) is 18.2 Å². The van der Waals surface area contributed by atoms with Gasteiger partial charge in [0.25, 0.3) is 0 Å². The first-order valence-electron chi connectivity index (χ1n) is 6.87. The number of nitrogens with one attached hydrogen (secondary N) is 2. The number of pyridine rings is 1. The predicted octanol–water partition coefficient (Wildman–Crippen LogP) is 1.93. The molecule has 2 rings (SSSR count). The molecule has 22 heavy (non-hydrogen) atoms. The largest absolute Gasteiger partial charge is 0.384 e. The number of urea groups is 1. The molecular weight excluding hydrogens is 285 g/mol. The lowest BCUT2D eigenvalue weighted by Crippen LogP contribution is -2.43. The van der Waals surface area contributed by atoms with Gasteiger partial charge in [0, 0.05) is 6.20 Å². The van der Waals surface area contributed by atoms with E-state index in [9.17, 15) is 14.3 Å². The Bertz CT molecular complexity index is 615.